The number of rotatable bonds is 4. The second-order valence-electron chi connectivity index (χ2n) is 3.17. The molecule has 0 aliphatic rings. The molecule has 0 heterocycles. The van der Waals surface area contributed by atoms with Crippen LogP contribution in [0.15, 0.2) is 27.6 Å². The Morgan fingerprint density at radius 1 is 1.47 bits per heavy atom. The summed E-state index contributed by atoms with van der Waals surface area (Å²) in [4.78, 5) is 1.01. The number of hydrogen-bond donors (Lipinski definition) is 1. The molecule has 0 spiro atoms. The molecule has 3 nitrogen and oxygen atoms in total. The quantitative estimate of drug-likeness (QED) is 0.684. The van der Waals surface area contributed by atoms with Gasteiger partial charge in [-0.05, 0) is 34.1 Å². The van der Waals surface area contributed by atoms with Crippen molar-refractivity contribution in [2.45, 2.75) is 4.90 Å². The zero-order chi connectivity index (χ0) is 11.5. The molecule has 0 aromatic heterocycles. The maximum Gasteiger partial charge on any atom is 0.148 e. The van der Waals surface area contributed by atoms with Gasteiger partial charge < -0.3 is 5.73 Å². The Hall–Kier alpha value is -0.200. The lowest BCUT2D eigenvalue weighted by Gasteiger charge is -2.04. The first kappa shape index (κ1) is 12.9. The lowest BCUT2D eigenvalue weighted by molar-refractivity contribution is 0.603. The summed E-state index contributed by atoms with van der Waals surface area (Å²) in [5.41, 5.74) is 6.28. The van der Waals surface area contributed by atoms with E-state index < -0.39 is 9.84 Å². The molecule has 6 heteroatoms. The van der Waals surface area contributed by atoms with Crippen LogP contribution in [0.1, 0.15) is 0 Å². The van der Waals surface area contributed by atoms with E-state index in [1.54, 1.807) is 6.07 Å². The van der Waals surface area contributed by atoms with Gasteiger partial charge in [-0.15, -0.1) is 11.8 Å². The molecule has 0 bridgehead atoms. The third-order valence-electron chi connectivity index (χ3n) is 1.67. The van der Waals surface area contributed by atoms with Crippen molar-refractivity contribution in [3.05, 3.63) is 22.7 Å². The molecule has 0 unspecified atom stereocenters. The summed E-state index contributed by atoms with van der Waals surface area (Å²) >= 11 is 4.88. The highest BCUT2D eigenvalue weighted by atomic mass is 79.9. The summed E-state index contributed by atoms with van der Waals surface area (Å²) in [7, 11) is -2.88. The zero-order valence-corrected chi connectivity index (χ0v) is 11.5. The third kappa shape index (κ3) is 4.90. The molecule has 0 radical (unpaired) electrons. The van der Waals surface area contributed by atoms with E-state index in [1.165, 1.54) is 18.0 Å². The van der Waals surface area contributed by atoms with Gasteiger partial charge in [-0.1, -0.05) is 0 Å². The summed E-state index contributed by atoms with van der Waals surface area (Å²) in [5, 5.41) is 0. The topological polar surface area (TPSA) is 60.2 Å². The molecule has 84 valence electrons. The maximum absolute atomic E-state index is 10.9. The summed E-state index contributed by atoms with van der Waals surface area (Å²) in [6.07, 6.45) is 1.24. The van der Waals surface area contributed by atoms with Gasteiger partial charge in [0.1, 0.15) is 9.84 Å². The van der Waals surface area contributed by atoms with Crippen LogP contribution < -0.4 is 5.73 Å². The summed E-state index contributed by atoms with van der Waals surface area (Å²) in [6, 6.07) is 5.49. The number of nitrogen functional groups attached to an aromatic ring is 1. The Labute approximate surface area is 102 Å². The van der Waals surface area contributed by atoms with Crippen LogP contribution in [0.3, 0.4) is 0 Å². The van der Waals surface area contributed by atoms with Crippen LogP contribution in [-0.2, 0) is 9.84 Å². The Bertz CT molecular complexity index is 445. The van der Waals surface area contributed by atoms with Crippen LogP contribution in [0.25, 0.3) is 0 Å². The summed E-state index contributed by atoms with van der Waals surface area (Å²) in [6.45, 7) is 0. The Balaban J connectivity index is 2.59. The predicted octanol–water partition coefficient (Wildman–Crippen LogP) is 2.17. The van der Waals surface area contributed by atoms with Gasteiger partial charge in [0.2, 0.25) is 0 Å². The van der Waals surface area contributed by atoms with E-state index in [2.05, 4.69) is 15.9 Å². The van der Waals surface area contributed by atoms with Crippen molar-refractivity contribution in [2.75, 3.05) is 23.5 Å². The first-order chi connectivity index (χ1) is 6.88. The molecule has 0 amide bonds. The van der Waals surface area contributed by atoms with Crippen molar-refractivity contribution in [1.82, 2.24) is 0 Å². The van der Waals surface area contributed by atoms with E-state index >= 15 is 0 Å². The van der Waals surface area contributed by atoms with Gasteiger partial charge in [0.05, 0.1) is 5.75 Å². The normalized spacial score (nSPS) is 11.6. The molecule has 1 aromatic rings. The van der Waals surface area contributed by atoms with Crippen molar-refractivity contribution in [2.24, 2.45) is 0 Å². The number of thioether (sulfide) groups is 1. The van der Waals surface area contributed by atoms with Gasteiger partial charge in [0.25, 0.3) is 0 Å². The van der Waals surface area contributed by atoms with E-state index in [4.69, 9.17) is 5.73 Å². The number of hydrogen-bond acceptors (Lipinski definition) is 4. The summed E-state index contributed by atoms with van der Waals surface area (Å²) < 4.78 is 22.7. The van der Waals surface area contributed by atoms with Crippen LogP contribution in [-0.4, -0.2) is 26.2 Å². The number of benzene rings is 1. The molecule has 1 aromatic carbocycles. The SMILES string of the molecule is CS(=O)(=O)CCSc1ccc(N)cc1Br. The number of anilines is 1. The molecule has 0 aliphatic carbocycles. The standard InChI is InChI=1S/C9H12BrNO2S2/c1-15(12,13)5-4-14-9-3-2-7(11)6-8(9)10/h2-3,6H,4-5,11H2,1H3. The van der Waals surface area contributed by atoms with Crippen molar-refractivity contribution >= 4 is 43.2 Å². The van der Waals surface area contributed by atoms with E-state index in [-0.39, 0.29) is 5.75 Å². The predicted molar refractivity (Wildman–Crippen MR) is 69.0 cm³/mol. The molecule has 0 aliphatic heterocycles. The molecular weight excluding hydrogens is 298 g/mol. The zero-order valence-electron chi connectivity index (χ0n) is 8.23. The molecular formula is C9H12BrNO2S2. The van der Waals surface area contributed by atoms with Crippen LogP contribution in [0.5, 0.6) is 0 Å². The molecule has 15 heavy (non-hydrogen) atoms. The molecule has 0 fully saturated rings. The fraction of sp³-hybridized carbons (Fsp3) is 0.333. The first-order valence-electron chi connectivity index (χ1n) is 4.24. The summed E-state index contributed by atoms with van der Waals surface area (Å²) in [5.74, 6) is 0.746. The van der Waals surface area contributed by atoms with Crippen LogP contribution in [0.2, 0.25) is 0 Å². The van der Waals surface area contributed by atoms with Crippen LogP contribution >= 0.6 is 27.7 Å². The molecule has 1 rings (SSSR count). The van der Waals surface area contributed by atoms with E-state index in [0.29, 0.717) is 11.4 Å². The lowest BCUT2D eigenvalue weighted by atomic mass is 10.3. The first-order valence-corrected chi connectivity index (χ1v) is 8.08. The average Bonchev–Trinajstić information content (AvgIpc) is 2.07. The van der Waals surface area contributed by atoms with Gasteiger partial charge in [-0.2, -0.15) is 0 Å². The van der Waals surface area contributed by atoms with Crippen molar-refractivity contribution in [3.63, 3.8) is 0 Å². The average molecular weight is 310 g/mol. The van der Waals surface area contributed by atoms with Crippen LogP contribution in [0.4, 0.5) is 5.69 Å². The minimum absolute atomic E-state index is 0.189. The minimum atomic E-state index is -2.88. The Kier molecular flexibility index (Phi) is 4.48. The highest BCUT2D eigenvalue weighted by Crippen LogP contribution is 2.29. The largest absolute Gasteiger partial charge is 0.399 e. The van der Waals surface area contributed by atoms with E-state index in [0.717, 1.165) is 9.37 Å². The molecule has 0 saturated heterocycles. The van der Waals surface area contributed by atoms with E-state index in [9.17, 15) is 8.42 Å². The van der Waals surface area contributed by atoms with Crippen molar-refractivity contribution in [1.29, 1.82) is 0 Å². The number of nitrogens with two attached hydrogens (primary N) is 1. The second kappa shape index (κ2) is 5.23. The van der Waals surface area contributed by atoms with Crippen molar-refractivity contribution < 1.29 is 8.42 Å². The van der Waals surface area contributed by atoms with E-state index in [1.807, 2.05) is 12.1 Å². The van der Waals surface area contributed by atoms with Crippen molar-refractivity contribution in [3.8, 4) is 0 Å². The minimum Gasteiger partial charge on any atom is -0.399 e. The third-order valence-corrected chi connectivity index (χ3v) is 4.87. The molecule has 2 N–H and O–H groups in total. The Morgan fingerprint density at radius 2 is 2.13 bits per heavy atom. The van der Waals surface area contributed by atoms with Gasteiger partial charge in [0.15, 0.2) is 0 Å². The Morgan fingerprint density at radius 3 is 2.67 bits per heavy atom. The smallest absolute Gasteiger partial charge is 0.148 e. The highest BCUT2D eigenvalue weighted by Gasteiger charge is 2.05. The number of sulfone groups is 1. The van der Waals surface area contributed by atoms with Gasteiger partial charge in [-0.3, -0.25) is 0 Å². The molecule has 0 saturated carbocycles. The maximum atomic E-state index is 10.9. The van der Waals surface area contributed by atoms with Gasteiger partial charge in [-0.25, -0.2) is 8.42 Å². The van der Waals surface area contributed by atoms with Gasteiger partial charge in [0, 0.05) is 27.1 Å². The second-order valence-corrected chi connectivity index (χ2v) is 7.42. The lowest BCUT2D eigenvalue weighted by Crippen LogP contribution is -2.04. The van der Waals surface area contributed by atoms with Gasteiger partial charge >= 0.3 is 0 Å². The fourth-order valence-electron chi connectivity index (χ4n) is 0.937. The monoisotopic (exact) mass is 309 g/mol. The van der Waals surface area contributed by atoms with Crippen LogP contribution in [0, 0.1) is 0 Å². The number of halogens is 1. The molecule has 0 atom stereocenters. The fourth-order valence-corrected chi connectivity index (χ4v) is 3.80. The highest BCUT2D eigenvalue weighted by molar-refractivity contribution is 9.10.